The molecule has 1 heterocycles. The highest BCUT2D eigenvalue weighted by atomic mass is 16.5. The monoisotopic (exact) mass is 243 g/mol. The van der Waals surface area contributed by atoms with Crippen LogP contribution in [0.4, 0.5) is 0 Å². The van der Waals surface area contributed by atoms with E-state index in [4.69, 9.17) is 4.74 Å². The van der Waals surface area contributed by atoms with Gasteiger partial charge in [0, 0.05) is 11.8 Å². The minimum absolute atomic E-state index is 0.639. The summed E-state index contributed by atoms with van der Waals surface area (Å²) in [5.41, 5.74) is 1.60. The first-order valence-electron chi connectivity index (χ1n) is 5.83. The van der Waals surface area contributed by atoms with E-state index >= 15 is 0 Å². The maximum atomic E-state index is 10.7. The van der Waals surface area contributed by atoms with Gasteiger partial charge in [0.25, 0.3) is 0 Å². The van der Waals surface area contributed by atoms with E-state index in [0.717, 1.165) is 11.1 Å². The van der Waals surface area contributed by atoms with Gasteiger partial charge in [-0.3, -0.25) is 4.98 Å². The number of ether oxygens (including phenoxy) is 1. The SMILES string of the molecule is COc1cncc(C(C)(O)c2cccc(C)c2)c1. The van der Waals surface area contributed by atoms with Gasteiger partial charge in [0.05, 0.1) is 13.3 Å². The minimum atomic E-state index is -1.08. The molecule has 0 aliphatic heterocycles. The number of nitrogens with zero attached hydrogens (tertiary/aromatic N) is 1. The summed E-state index contributed by atoms with van der Waals surface area (Å²) in [6.45, 7) is 3.77. The predicted octanol–water partition coefficient (Wildman–Crippen LogP) is 2.65. The number of benzene rings is 1. The second-order valence-electron chi connectivity index (χ2n) is 4.56. The standard InChI is InChI=1S/C15H17NO2/c1-11-5-4-6-12(7-11)15(2,17)13-8-14(18-3)10-16-9-13/h4-10,17H,1-3H3. The fourth-order valence-electron chi connectivity index (χ4n) is 1.91. The fraction of sp³-hybridized carbons (Fsp3) is 0.267. The van der Waals surface area contributed by atoms with E-state index < -0.39 is 5.60 Å². The predicted molar refractivity (Wildman–Crippen MR) is 70.6 cm³/mol. The molecular weight excluding hydrogens is 226 g/mol. The van der Waals surface area contributed by atoms with Crippen LogP contribution in [-0.2, 0) is 5.60 Å². The van der Waals surface area contributed by atoms with Crippen molar-refractivity contribution in [2.75, 3.05) is 7.11 Å². The van der Waals surface area contributed by atoms with E-state index in [9.17, 15) is 5.11 Å². The third-order valence-corrected chi connectivity index (χ3v) is 3.09. The van der Waals surface area contributed by atoms with Gasteiger partial charge in [-0.05, 0) is 25.5 Å². The number of pyridine rings is 1. The first-order chi connectivity index (χ1) is 8.54. The summed E-state index contributed by atoms with van der Waals surface area (Å²) < 4.78 is 5.14. The van der Waals surface area contributed by atoms with Gasteiger partial charge >= 0.3 is 0 Å². The second kappa shape index (κ2) is 4.78. The lowest BCUT2D eigenvalue weighted by Gasteiger charge is -2.24. The van der Waals surface area contributed by atoms with Crippen molar-refractivity contribution in [3.05, 3.63) is 59.4 Å². The molecule has 0 amide bonds. The lowest BCUT2D eigenvalue weighted by Crippen LogP contribution is -2.23. The zero-order valence-electron chi connectivity index (χ0n) is 10.8. The molecule has 0 saturated heterocycles. The van der Waals surface area contributed by atoms with Crippen LogP contribution in [-0.4, -0.2) is 17.2 Å². The molecule has 1 unspecified atom stereocenters. The van der Waals surface area contributed by atoms with Crippen LogP contribution in [0.1, 0.15) is 23.6 Å². The molecule has 0 fully saturated rings. The molecule has 0 bridgehead atoms. The van der Waals surface area contributed by atoms with Crippen molar-refractivity contribution in [1.29, 1.82) is 0 Å². The summed E-state index contributed by atoms with van der Waals surface area (Å²) >= 11 is 0. The van der Waals surface area contributed by atoms with Gasteiger partial charge in [-0.15, -0.1) is 0 Å². The third kappa shape index (κ3) is 2.36. The van der Waals surface area contributed by atoms with E-state index in [1.165, 1.54) is 0 Å². The Morgan fingerprint density at radius 3 is 2.61 bits per heavy atom. The van der Waals surface area contributed by atoms with Crippen molar-refractivity contribution in [2.45, 2.75) is 19.4 Å². The fourth-order valence-corrected chi connectivity index (χ4v) is 1.91. The first-order valence-corrected chi connectivity index (χ1v) is 5.83. The van der Waals surface area contributed by atoms with Crippen LogP contribution in [0, 0.1) is 6.92 Å². The summed E-state index contributed by atoms with van der Waals surface area (Å²) in [5, 5.41) is 10.7. The third-order valence-electron chi connectivity index (χ3n) is 3.09. The summed E-state index contributed by atoms with van der Waals surface area (Å²) in [4.78, 5) is 4.08. The Morgan fingerprint density at radius 2 is 1.94 bits per heavy atom. The molecule has 2 rings (SSSR count). The van der Waals surface area contributed by atoms with Crippen LogP contribution >= 0.6 is 0 Å². The number of aliphatic hydroxyl groups is 1. The van der Waals surface area contributed by atoms with Crippen molar-refractivity contribution in [2.24, 2.45) is 0 Å². The van der Waals surface area contributed by atoms with Crippen LogP contribution in [0.3, 0.4) is 0 Å². The van der Waals surface area contributed by atoms with Gasteiger partial charge < -0.3 is 9.84 Å². The normalized spacial score (nSPS) is 14.0. The van der Waals surface area contributed by atoms with Crippen molar-refractivity contribution < 1.29 is 9.84 Å². The summed E-state index contributed by atoms with van der Waals surface area (Å²) in [6.07, 6.45) is 3.28. The summed E-state index contributed by atoms with van der Waals surface area (Å²) in [7, 11) is 1.59. The zero-order chi connectivity index (χ0) is 13.2. The van der Waals surface area contributed by atoms with Gasteiger partial charge in [-0.1, -0.05) is 29.8 Å². The number of hydrogen-bond donors (Lipinski definition) is 1. The summed E-state index contributed by atoms with van der Waals surface area (Å²) in [6, 6.07) is 9.62. The average molecular weight is 243 g/mol. The Labute approximate surface area is 107 Å². The topological polar surface area (TPSA) is 42.4 Å². The van der Waals surface area contributed by atoms with Gasteiger partial charge in [0.15, 0.2) is 0 Å². The molecule has 0 radical (unpaired) electrons. The highest BCUT2D eigenvalue weighted by Crippen LogP contribution is 2.30. The Balaban J connectivity index is 2.46. The van der Waals surface area contributed by atoms with E-state index in [-0.39, 0.29) is 0 Å². The molecule has 1 aromatic heterocycles. The van der Waals surface area contributed by atoms with Gasteiger partial charge in [-0.2, -0.15) is 0 Å². The van der Waals surface area contributed by atoms with E-state index in [2.05, 4.69) is 4.98 Å². The van der Waals surface area contributed by atoms with E-state index in [0.29, 0.717) is 11.3 Å². The number of methoxy groups -OCH3 is 1. The van der Waals surface area contributed by atoms with E-state index in [1.54, 1.807) is 32.5 Å². The Bertz CT molecular complexity index is 550. The lowest BCUT2D eigenvalue weighted by atomic mass is 9.88. The van der Waals surface area contributed by atoms with Crippen molar-refractivity contribution in [3.63, 3.8) is 0 Å². The molecule has 94 valence electrons. The highest BCUT2D eigenvalue weighted by molar-refractivity contribution is 5.38. The smallest absolute Gasteiger partial charge is 0.137 e. The highest BCUT2D eigenvalue weighted by Gasteiger charge is 2.26. The zero-order valence-corrected chi connectivity index (χ0v) is 10.8. The molecular formula is C15H17NO2. The average Bonchev–Trinajstić information content (AvgIpc) is 2.39. The number of aromatic nitrogens is 1. The Morgan fingerprint density at radius 1 is 1.17 bits per heavy atom. The Kier molecular flexibility index (Phi) is 3.34. The minimum Gasteiger partial charge on any atom is -0.495 e. The number of hydrogen-bond acceptors (Lipinski definition) is 3. The number of rotatable bonds is 3. The van der Waals surface area contributed by atoms with Gasteiger partial charge in [0.1, 0.15) is 11.4 Å². The number of aryl methyl sites for hydroxylation is 1. The van der Waals surface area contributed by atoms with Crippen molar-refractivity contribution in [1.82, 2.24) is 4.98 Å². The molecule has 2 aromatic rings. The van der Waals surface area contributed by atoms with Gasteiger partial charge in [0.2, 0.25) is 0 Å². The molecule has 0 aliphatic carbocycles. The Hall–Kier alpha value is -1.87. The second-order valence-corrected chi connectivity index (χ2v) is 4.56. The molecule has 0 spiro atoms. The molecule has 18 heavy (non-hydrogen) atoms. The maximum absolute atomic E-state index is 10.7. The van der Waals surface area contributed by atoms with Crippen LogP contribution in [0.2, 0.25) is 0 Å². The largest absolute Gasteiger partial charge is 0.495 e. The van der Waals surface area contributed by atoms with Crippen molar-refractivity contribution in [3.8, 4) is 5.75 Å². The molecule has 3 nitrogen and oxygen atoms in total. The maximum Gasteiger partial charge on any atom is 0.137 e. The lowest BCUT2D eigenvalue weighted by molar-refractivity contribution is 0.101. The van der Waals surface area contributed by atoms with Gasteiger partial charge in [-0.25, -0.2) is 0 Å². The molecule has 0 aliphatic rings. The van der Waals surface area contributed by atoms with Crippen molar-refractivity contribution >= 4 is 0 Å². The molecule has 1 N–H and O–H groups in total. The van der Waals surface area contributed by atoms with Crippen LogP contribution in [0.25, 0.3) is 0 Å². The molecule has 0 saturated carbocycles. The van der Waals surface area contributed by atoms with Crippen LogP contribution in [0.5, 0.6) is 5.75 Å². The molecule has 1 atom stereocenters. The summed E-state index contributed by atoms with van der Waals surface area (Å²) in [5.74, 6) is 0.639. The first kappa shape index (κ1) is 12.6. The quantitative estimate of drug-likeness (QED) is 0.901. The van der Waals surface area contributed by atoms with Crippen LogP contribution in [0.15, 0.2) is 42.7 Å². The van der Waals surface area contributed by atoms with Crippen LogP contribution < -0.4 is 4.74 Å². The molecule has 1 aromatic carbocycles. The molecule has 3 heteroatoms. The van der Waals surface area contributed by atoms with E-state index in [1.807, 2.05) is 31.2 Å².